The van der Waals surface area contributed by atoms with E-state index in [1.54, 1.807) is 17.8 Å². The molecule has 0 aliphatic carbocycles. The first-order chi connectivity index (χ1) is 14.6. The monoisotopic (exact) mass is 401 g/mol. The fraction of sp³-hybridized carbons (Fsp3) is 0.105. The van der Waals surface area contributed by atoms with Gasteiger partial charge in [-0.2, -0.15) is 9.78 Å². The topological polar surface area (TPSA) is 140 Å². The molecule has 148 valence electrons. The Morgan fingerprint density at radius 3 is 3.00 bits per heavy atom. The number of H-pyrrole nitrogens is 1. The number of nitrogens with zero attached hydrogens (tertiary/aromatic N) is 8. The highest BCUT2D eigenvalue weighted by Gasteiger charge is 2.12. The SMILES string of the molecule is C/C(=N\n1cc(O)[nH]c1=O)c1cnc2nnn(Cc3ccc4ncccc4c3)c2n1. The molecule has 0 saturated carbocycles. The van der Waals surface area contributed by atoms with Crippen molar-refractivity contribution in [3.63, 3.8) is 0 Å². The Morgan fingerprint density at radius 2 is 2.17 bits per heavy atom. The number of aromatic nitrogens is 8. The van der Waals surface area contributed by atoms with Gasteiger partial charge in [-0.3, -0.25) is 9.97 Å². The van der Waals surface area contributed by atoms with Crippen LogP contribution in [0.5, 0.6) is 5.88 Å². The highest BCUT2D eigenvalue weighted by Crippen LogP contribution is 2.16. The minimum atomic E-state index is -0.557. The molecule has 5 aromatic rings. The fourth-order valence-corrected chi connectivity index (χ4v) is 3.09. The van der Waals surface area contributed by atoms with Gasteiger partial charge in [-0.1, -0.05) is 17.3 Å². The first kappa shape index (κ1) is 17.7. The number of aromatic hydroxyl groups is 1. The largest absolute Gasteiger partial charge is 0.493 e. The van der Waals surface area contributed by atoms with E-state index in [9.17, 15) is 9.90 Å². The quantitative estimate of drug-likeness (QED) is 0.432. The number of hydrogen-bond acceptors (Lipinski definition) is 8. The number of rotatable bonds is 4. The summed E-state index contributed by atoms with van der Waals surface area (Å²) in [6.45, 7) is 2.15. The van der Waals surface area contributed by atoms with Crippen molar-refractivity contribution in [2.75, 3.05) is 0 Å². The Kier molecular flexibility index (Phi) is 4.05. The standard InChI is InChI=1S/C19H15N9O2/c1-11(25-28-10-16(29)23-19(28)30)15-8-21-17-18(22-15)27(26-24-17)9-12-4-5-14-13(7-12)3-2-6-20-14/h2-8,10,29H,9H2,1H3,(H,23,30)/b25-11+. The van der Waals surface area contributed by atoms with Gasteiger partial charge in [0.05, 0.1) is 30.2 Å². The number of aromatic amines is 1. The zero-order valence-electron chi connectivity index (χ0n) is 15.8. The van der Waals surface area contributed by atoms with Crippen LogP contribution in [0.15, 0.2) is 58.8 Å². The van der Waals surface area contributed by atoms with E-state index >= 15 is 0 Å². The van der Waals surface area contributed by atoms with Crippen molar-refractivity contribution in [2.45, 2.75) is 13.5 Å². The van der Waals surface area contributed by atoms with Gasteiger partial charge in [-0.25, -0.2) is 19.4 Å². The minimum absolute atomic E-state index is 0.272. The summed E-state index contributed by atoms with van der Waals surface area (Å²) >= 11 is 0. The highest BCUT2D eigenvalue weighted by atomic mass is 16.3. The smallest absolute Gasteiger partial charge is 0.349 e. The van der Waals surface area contributed by atoms with Crippen LogP contribution in [0.25, 0.3) is 22.2 Å². The maximum atomic E-state index is 11.7. The molecule has 4 heterocycles. The van der Waals surface area contributed by atoms with Crippen molar-refractivity contribution in [1.29, 1.82) is 0 Å². The Labute approximate surface area is 168 Å². The summed E-state index contributed by atoms with van der Waals surface area (Å²) in [4.78, 5) is 27.1. The Balaban J connectivity index is 1.51. The summed E-state index contributed by atoms with van der Waals surface area (Å²) in [5, 5.41) is 22.8. The van der Waals surface area contributed by atoms with E-state index in [-0.39, 0.29) is 5.88 Å². The Bertz CT molecular complexity index is 1480. The van der Waals surface area contributed by atoms with Crippen LogP contribution in [0, 0.1) is 0 Å². The van der Waals surface area contributed by atoms with Gasteiger partial charge < -0.3 is 5.11 Å². The van der Waals surface area contributed by atoms with Crippen molar-refractivity contribution in [3.8, 4) is 5.88 Å². The summed E-state index contributed by atoms with van der Waals surface area (Å²) in [6, 6.07) is 9.89. The van der Waals surface area contributed by atoms with Gasteiger partial charge in [0, 0.05) is 11.6 Å². The van der Waals surface area contributed by atoms with Crippen LogP contribution in [0.1, 0.15) is 18.2 Å². The molecule has 2 N–H and O–H groups in total. The summed E-state index contributed by atoms with van der Waals surface area (Å²) < 4.78 is 2.65. The fourth-order valence-electron chi connectivity index (χ4n) is 3.09. The van der Waals surface area contributed by atoms with E-state index in [0.717, 1.165) is 21.1 Å². The number of nitrogens with one attached hydrogen (secondary N) is 1. The summed E-state index contributed by atoms with van der Waals surface area (Å²) in [5.41, 5.74) is 3.19. The van der Waals surface area contributed by atoms with Crippen LogP contribution in [-0.2, 0) is 6.54 Å². The van der Waals surface area contributed by atoms with Crippen LogP contribution in [0.3, 0.4) is 0 Å². The average Bonchev–Trinajstić information content (AvgIpc) is 3.29. The van der Waals surface area contributed by atoms with Gasteiger partial charge in [0.1, 0.15) is 5.69 Å². The molecule has 5 rings (SSSR count). The molecule has 0 saturated heterocycles. The minimum Gasteiger partial charge on any atom is -0.493 e. The van der Waals surface area contributed by atoms with Gasteiger partial charge in [-0.05, 0) is 30.7 Å². The summed E-state index contributed by atoms with van der Waals surface area (Å²) in [5.74, 6) is -0.272. The normalized spacial score (nSPS) is 12.1. The van der Waals surface area contributed by atoms with Crippen molar-refractivity contribution >= 4 is 27.9 Å². The van der Waals surface area contributed by atoms with Gasteiger partial charge in [-0.15, -0.1) is 5.10 Å². The van der Waals surface area contributed by atoms with Crippen molar-refractivity contribution < 1.29 is 5.11 Å². The molecular weight excluding hydrogens is 386 g/mol. The third kappa shape index (κ3) is 3.17. The lowest BCUT2D eigenvalue weighted by Crippen LogP contribution is -2.14. The van der Waals surface area contributed by atoms with Crippen molar-refractivity contribution in [3.05, 3.63) is 70.7 Å². The maximum Gasteiger partial charge on any atom is 0.349 e. The van der Waals surface area contributed by atoms with Gasteiger partial charge in [0.25, 0.3) is 0 Å². The van der Waals surface area contributed by atoms with Crippen LogP contribution in [-0.4, -0.2) is 50.4 Å². The number of benzene rings is 1. The molecule has 11 nitrogen and oxygen atoms in total. The third-order valence-electron chi connectivity index (χ3n) is 4.54. The summed E-state index contributed by atoms with van der Waals surface area (Å²) in [6.07, 6.45) is 4.45. The molecule has 0 aliphatic heterocycles. The second-order valence-corrected chi connectivity index (χ2v) is 6.65. The first-order valence-corrected chi connectivity index (χ1v) is 9.03. The molecule has 11 heteroatoms. The van der Waals surface area contributed by atoms with E-state index < -0.39 is 5.69 Å². The zero-order chi connectivity index (χ0) is 20.7. The Morgan fingerprint density at radius 1 is 1.27 bits per heavy atom. The number of pyridine rings is 1. The molecule has 0 bridgehead atoms. The lowest BCUT2D eigenvalue weighted by Gasteiger charge is -2.05. The maximum absolute atomic E-state index is 11.7. The van der Waals surface area contributed by atoms with Gasteiger partial charge in [0.15, 0.2) is 5.65 Å². The number of fused-ring (bicyclic) bond motifs is 2. The van der Waals surface area contributed by atoms with Crippen LogP contribution < -0.4 is 5.69 Å². The molecule has 0 amide bonds. The lowest BCUT2D eigenvalue weighted by molar-refractivity contribution is 0.455. The van der Waals surface area contributed by atoms with Crippen LogP contribution in [0.4, 0.5) is 0 Å². The second-order valence-electron chi connectivity index (χ2n) is 6.65. The van der Waals surface area contributed by atoms with Gasteiger partial charge in [0.2, 0.25) is 11.5 Å². The van der Waals surface area contributed by atoms with E-state index in [0.29, 0.717) is 29.2 Å². The molecule has 0 unspecified atom stereocenters. The molecule has 0 fully saturated rings. The predicted molar refractivity (Wildman–Crippen MR) is 108 cm³/mol. The lowest BCUT2D eigenvalue weighted by atomic mass is 10.1. The van der Waals surface area contributed by atoms with E-state index in [1.165, 1.54) is 12.4 Å². The van der Waals surface area contributed by atoms with E-state index in [2.05, 4.69) is 35.3 Å². The second kappa shape index (κ2) is 6.88. The number of hydrogen-bond donors (Lipinski definition) is 2. The molecule has 0 atom stereocenters. The van der Waals surface area contributed by atoms with E-state index in [1.807, 2.05) is 30.3 Å². The highest BCUT2D eigenvalue weighted by molar-refractivity contribution is 5.97. The van der Waals surface area contributed by atoms with Crippen LogP contribution >= 0.6 is 0 Å². The number of imidazole rings is 1. The predicted octanol–water partition coefficient (Wildman–Crippen LogP) is 1.29. The molecule has 0 radical (unpaired) electrons. The molecule has 0 spiro atoms. The molecule has 0 aliphatic rings. The zero-order valence-corrected chi connectivity index (χ0v) is 15.8. The molecule has 30 heavy (non-hydrogen) atoms. The Hall–Kier alpha value is -4.41. The van der Waals surface area contributed by atoms with Gasteiger partial charge >= 0.3 is 5.69 Å². The average molecular weight is 401 g/mol. The first-order valence-electron chi connectivity index (χ1n) is 9.03. The van der Waals surface area contributed by atoms with Crippen molar-refractivity contribution in [2.24, 2.45) is 5.10 Å². The summed E-state index contributed by atoms with van der Waals surface area (Å²) in [7, 11) is 0. The van der Waals surface area contributed by atoms with E-state index in [4.69, 9.17) is 0 Å². The molecular formula is C19H15N9O2. The van der Waals surface area contributed by atoms with Crippen LogP contribution in [0.2, 0.25) is 0 Å². The third-order valence-corrected chi connectivity index (χ3v) is 4.54. The van der Waals surface area contributed by atoms with Crippen molar-refractivity contribution in [1.82, 2.24) is 39.6 Å². The molecule has 1 aromatic carbocycles. The molecule has 4 aromatic heterocycles.